The maximum absolute atomic E-state index is 4.49. The van der Waals surface area contributed by atoms with Crippen LogP contribution in [0.5, 0.6) is 0 Å². The molecule has 0 bridgehead atoms. The number of aryl methyl sites for hydroxylation is 2. The third-order valence-corrected chi connectivity index (χ3v) is 3.52. The Kier molecular flexibility index (Phi) is 3.34. The van der Waals surface area contributed by atoms with E-state index in [0.29, 0.717) is 0 Å². The number of rotatable bonds is 2. The van der Waals surface area contributed by atoms with Crippen LogP contribution >= 0.6 is 0 Å². The first-order valence-corrected chi connectivity index (χ1v) is 6.83. The summed E-state index contributed by atoms with van der Waals surface area (Å²) >= 11 is 0. The summed E-state index contributed by atoms with van der Waals surface area (Å²) in [4.78, 5) is 4.49. The van der Waals surface area contributed by atoms with Crippen molar-refractivity contribution in [1.82, 2.24) is 4.98 Å². The number of hydrogen-bond donors (Lipinski definition) is 0. The lowest BCUT2D eigenvalue weighted by Gasteiger charge is -2.09. The van der Waals surface area contributed by atoms with Crippen molar-refractivity contribution in [3.63, 3.8) is 0 Å². The Balaban J connectivity index is 2.01. The summed E-state index contributed by atoms with van der Waals surface area (Å²) in [5, 5.41) is 0. The van der Waals surface area contributed by atoms with Crippen LogP contribution in [-0.4, -0.2) is 4.98 Å². The maximum Gasteiger partial charge on any atom is 0.0702 e. The molecule has 1 nitrogen and oxygen atoms in total. The molecule has 0 saturated carbocycles. The molecule has 1 aromatic heterocycles. The van der Waals surface area contributed by atoms with Crippen molar-refractivity contribution in [2.75, 3.05) is 0 Å². The molecule has 0 unspecified atom stereocenters. The minimum Gasteiger partial charge on any atom is -0.256 e. The van der Waals surface area contributed by atoms with Crippen LogP contribution < -0.4 is 0 Å². The van der Waals surface area contributed by atoms with Crippen LogP contribution in [0.15, 0.2) is 66.9 Å². The molecule has 0 aliphatic heterocycles. The van der Waals surface area contributed by atoms with Crippen molar-refractivity contribution < 1.29 is 0 Å². The van der Waals surface area contributed by atoms with Crippen LogP contribution in [0, 0.1) is 13.8 Å². The van der Waals surface area contributed by atoms with Gasteiger partial charge in [0.15, 0.2) is 0 Å². The molecule has 0 fully saturated rings. The highest BCUT2D eigenvalue weighted by Gasteiger charge is 2.04. The number of benzene rings is 2. The summed E-state index contributed by atoms with van der Waals surface area (Å²) in [6, 6.07) is 21.2. The lowest BCUT2D eigenvalue weighted by Crippen LogP contribution is -1.88. The van der Waals surface area contributed by atoms with E-state index in [1.54, 1.807) is 0 Å². The lowest BCUT2D eigenvalue weighted by molar-refractivity contribution is 1.27. The van der Waals surface area contributed by atoms with Crippen LogP contribution in [0.4, 0.5) is 0 Å². The van der Waals surface area contributed by atoms with Gasteiger partial charge in [0.2, 0.25) is 0 Å². The smallest absolute Gasteiger partial charge is 0.0702 e. The van der Waals surface area contributed by atoms with E-state index in [9.17, 15) is 0 Å². The van der Waals surface area contributed by atoms with Crippen LogP contribution in [0.25, 0.3) is 22.4 Å². The Labute approximate surface area is 119 Å². The van der Waals surface area contributed by atoms with Gasteiger partial charge < -0.3 is 0 Å². The molecule has 0 aliphatic rings. The molecule has 3 rings (SSSR count). The Morgan fingerprint density at radius 2 is 1.55 bits per heavy atom. The van der Waals surface area contributed by atoms with Gasteiger partial charge in [0.1, 0.15) is 0 Å². The summed E-state index contributed by atoms with van der Waals surface area (Å²) in [7, 11) is 0. The Bertz CT molecular complexity index is 713. The van der Waals surface area contributed by atoms with E-state index in [4.69, 9.17) is 0 Å². The van der Waals surface area contributed by atoms with Gasteiger partial charge in [0, 0.05) is 11.8 Å². The lowest BCUT2D eigenvalue weighted by atomic mass is 9.97. The van der Waals surface area contributed by atoms with E-state index in [0.717, 1.165) is 5.69 Å². The average Bonchev–Trinajstić information content (AvgIpc) is 2.49. The third kappa shape index (κ3) is 2.48. The van der Waals surface area contributed by atoms with Crippen molar-refractivity contribution in [1.29, 1.82) is 0 Å². The van der Waals surface area contributed by atoms with Crippen LogP contribution in [-0.2, 0) is 0 Å². The monoisotopic (exact) mass is 259 g/mol. The Hall–Kier alpha value is -2.41. The second-order valence-electron chi connectivity index (χ2n) is 5.12. The topological polar surface area (TPSA) is 12.9 Å². The Morgan fingerprint density at radius 3 is 2.20 bits per heavy atom. The van der Waals surface area contributed by atoms with Crippen molar-refractivity contribution in [3.05, 3.63) is 78.0 Å². The Morgan fingerprint density at radius 1 is 0.750 bits per heavy atom. The maximum atomic E-state index is 4.49. The highest BCUT2D eigenvalue weighted by atomic mass is 14.7. The van der Waals surface area contributed by atoms with Crippen molar-refractivity contribution in [3.8, 4) is 22.4 Å². The molecular weight excluding hydrogens is 242 g/mol. The van der Waals surface area contributed by atoms with Gasteiger partial charge in [-0.15, -0.1) is 0 Å². The zero-order chi connectivity index (χ0) is 13.9. The summed E-state index contributed by atoms with van der Waals surface area (Å²) in [5.41, 5.74) is 7.19. The average molecular weight is 259 g/mol. The first kappa shape index (κ1) is 12.6. The van der Waals surface area contributed by atoms with E-state index in [1.165, 1.54) is 27.8 Å². The van der Waals surface area contributed by atoms with Gasteiger partial charge in [0.25, 0.3) is 0 Å². The predicted octanol–water partition coefficient (Wildman–Crippen LogP) is 5.03. The van der Waals surface area contributed by atoms with Crippen molar-refractivity contribution in [2.24, 2.45) is 0 Å². The largest absolute Gasteiger partial charge is 0.256 e. The first-order chi connectivity index (χ1) is 9.74. The minimum atomic E-state index is 1.03. The number of nitrogens with zero attached hydrogens (tertiary/aromatic N) is 1. The first-order valence-electron chi connectivity index (χ1n) is 6.83. The van der Waals surface area contributed by atoms with Crippen LogP contribution in [0.2, 0.25) is 0 Å². The molecule has 2 aromatic carbocycles. The van der Waals surface area contributed by atoms with Gasteiger partial charge in [-0.25, -0.2) is 0 Å². The summed E-state index contributed by atoms with van der Waals surface area (Å²) in [6.45, 7) is 4.21. The number of aromatic nitrogens is 1. The normalized spacial score (nSPS) is 10.5. The SMILES string of the molecule is Cc1ccc(-c2ccc(-c3ccccc3)c(C)c2)nc1. The number of pyridine rings is 1. The summed E-state index contributed by atoms with van der Waals surface area (Å²) in [5.74, 6) is 0. The summed E-state index contributed by atoms with van der Waals surface area (Å²) in [6.07, 6.45) is 1.91. The molecule has 1 heterocycles. The fourth-order valence-corrected chi connectivity index (χ4v) is 2.40. The molecule has 0 atom stereocenters. The van der Waals surface area contributed by atoms with Gasteiger partial charge in [-0.2, -0.15) is 0 Å². The molecule has 1 heteroatoms. The highest BCUT2D eigenvalue weighted by molar-refractivity contribution is 5.72. The molecule has 0 aliphatic carbocycles. The van der Waals surface area contributed by atoms with Crippen molar-refractivity contribution in [2.45, 2.75) is 13.8 Å². The van der Waals surface area contributed by atoms with E-state index >= 15 is 0 Å². The van der Waals surface area contributed by atoms with Gasteiger partial charge in [-0.05, 0) is 48.2 Å². The molecule has 3 aromatic rings. The molecule has 0 radical (unpaired) electrons. The minimum absolute atomic E-state index is 1.03. The zero-order valence-electron chi connectivity index (χ0n) is 11.8. The van der Waals surface area contributed by atoms with E-state index in [1.807, 2.05) is 12.3 Å². The van der Waals surface area contributed by atoms with E-state index in [-0.39, 0.29) is 0 Å². The third-order valence-electron chi connectivity index (χ3n) is 3.52. The van der Waals surface area contributed by atoms with E-state index < -0.39 is 0 Å². The van der Waals surface area contributed by atoms with Gasteiger partial charge in [0.05, 0.1) is 5.69 Å². The second kappa shape index (κ2) is 5.30. The molecule has 0 N–H and O–H groups in total. The highest BCUT2D eigenvalue weighted by Crippen LogP contribution is 2.27. The molecule has 20 heavy (non-hydrogen) atoms. The predicted molar refractivity (Wildman–Crippen MR) is 84.6 cm³/mol. The van der Waals surface area contributed by atoms with E-state index in [2.05, 4.69) is 73.4 Å². The summed E-state index contributed by atoms with van der Waals surface area (Å²) < 4.78 is 0. The fraction of sp³-hybridized carbons (Fsp3) is 0.105. The molecule has 0 saturated heterocycles. The second-order valence-corrected chi connectivity index (χ2v) is 5.12. The fourth-order valence-electron chi connectivity index (χ4n) is 2.40. The van der Waals surface area contributed by atoms with Gasteiger partial charge in [-0.3, -0.25) is 4.98 Å². The van der Waals surface area contributed by atoms with Crippen LogP contribution in [0.1, 0.15) is 11.1 Å². The number of hydrogen-bond acceptors (Lipinski definition) is 1. The molecular formula is C19H17N. The molecule has 0 spiro atoms. The molecule has 0 amide bonds. The zero-order valence-corrected chi connectivity index (χ0v) is 11.8. The van der Waals surface area contributed by atoms with Gasteiger partial charge >= 0.3 is 0 Å². The standard InChI is InChI=1S/C19H17N/c1-14-8-11-19(20-13-14)17-9-10-18(15(2)12-17)16-6-4-3-5-7-16/h3-13H,1-2H3. The van der Waals surface area contributed by atoms with Gasteiger partial charge in [-0.1, -0.05) is 48.5 Å². The molecule has 98 valence electrons. The quantitative estimate of drug-likeness (QED) is 0.628. The van der Waals surface area contributed by atoms with Crippen LogP contribution in [0.3, 0.4) is 0 Å². The van der Waals surface area contributed by atoms with Crippen molar-refractivity contribution >= 4 is 0 Å².